The van der Waals surface area contributed by atoms with E-state index in [4.69, 9.17) is 32.7 Å². The number of ether oxygens (including phenoxy) is 2. The maximum absolute atomic E-state index is 13.6. The fourth-order valence-electron chi connectivity index (χ4n) is 3.52. The molecule has 10 heteroatoms. The summed E-state index contributed by atoms with van der Waals surface area (Å²) in [6, 6.07) is 0. The van der Waals surface area contributed by atoms with E-state index in [1.165, 1.54) is 0 Å². The maximum Gasteiger partial charge on any atom is 0.254 e. The first-order valence-corrected chi connectivity index (χ1v) is 13.9. The molecule has 5 nitrogen and oxygen atoms in total. The molecule has 0 N–H and O–H groups in total. The number of ketones is 1. The van der Waals surface area contributed by atoms with Crippen molar-refractivity contribution in [1.82, 2.24) is 0 Å². The Hall–Kier alpha value is 0.920. The fraction of sp³-hybridized carbons (Fsp3) is 0.571. The second kappa shape index (κ2) is 12.6. The molecule has 1 fully saturated rings. The third-order valence-corrected chi connectivity index (χ3v) is 8.85. The summed E-state index contributed by atoms with van der Waals surface area (Å²) in [5.74, 6) is -0.769. The average Bonchev–Trinajstić information content (AvgIpc) is 2.69. The molecule has 172 valence electrons. The molecular weight excluding hydrogens is 784 g/mol. The summed E-state index contributed by atoms with van der Waals surface area (Å²) in [7, 11) is 0. The molecule has 1 aromatic carbocycles. The zero-order chi connectivity index (χ0) is 23.5. The largest absolute Gasteiger partial charge is 0.352 e. The van der Waals surface area contributed by atoms with Gasteiger partial charge >= 0.3 is 0 Å². The summed E-state index contributed by atoms with van der Waals surface area (Å²) in [4.78, 5) is 38.0. The van der Waals surface area contributed by atoms with E-state index in [-0.39, 0.29) is 42.3 Å². The summed E-state index contributed by atoms with van der Waals surface area (Å²) >= 11 is 17.7. The summed E-state index contributed by atoms with van der Waals surface area (Å²) in [6.45, 7) is 6.62. The Morgan fingerprint density at radius 3 is 1.84 bits per heavy atom. The number of rotatable bonds is 9. The Morgan fingerprint density at radius 2 is 1.45 bits per heavy atom. The third kappa shape index (κ3) is 6.53. The van der Waals surface area contributed by atoms with Gasteiger partial charge in [0.15, 0.2) is 6.29 Å². The van der Waals surface area contributed by atoms with Crippen LogP contribution >= 0.6 is 91.0 Å². The van der Waals surface area contributed by atoms with Crippen molar-refractivity contribution in [3.63, 3.8) is 0 Å². The SMILES string of the molecule is CCCCC(C(=O)C1COC(C(C)C)OC1)c1c(I)c(C(=O)Cl)c(I)c(C(=O)Cl)c1I. The highest BCUT2D eigenvalue weighted by molar-refractivity contribution is 14.1. The lowest BCUT2D eigenvalue weighted by atomic mass is 9.83. The molecule has 1 saturated heterocycles. The molecule has 31 heavy (non-hydrogen) atoms. The number of benzene rings is 1. The zero-order valence-corrected chi connectivity index (χ0v) is 25.3. The first-order valence-electron chi connectivity index (χ1n) is 9.89. The van der Waals surface area contributed by atoms with Gasteiger partial charge < -0.3 is 9.47 Å². The van der Waals surface area contributed by atoms with Gasteiger partial charge in [0.05, 0.1) is 30.3 Å². The second-order valence-electron chi connectivity index (χ2n) is 7.73. The Kier molecular flexibility index (Phi) is 11.4. The molecule has 1 aliphatic rings. The van der Waals surface area contributed by atoms with E-state index in [0.29, 0.717) is 22.7 Å². The Bertz CT molecular complexity index is 826. The maximum atomic E-state index is 13.6. The van der Waals surface area contributed by atoms with Crippen LogP contribution in [0.2, 0.25) is 0 Å². The van der Waals surface area contributed by atoms with E-state index >= 15 is 0 Å². The third-order valence-electron chi connectivity index (χ3n) is 5.15. The van der Waals surface area contributed by atoms with E-state index in [9.17, 15) is 14.4 Å². The number of carbonyl (C=O) groups excluding carboxylic acids is 3. The van der Waals surface area contributed by atoms with Crippen LogP contribution in [0.5, 0.6) is 0 Å². The first kappa shape index (κ1) is 28.2. The van der Waals surface area contributed by atoms with Crippen LogP contribution < -0.4 is 0 Å². The smallest absolute Gasteiger partial charge is 0.254 e. The molecule has 0 aliphatic carbocycles. The number of unbranched alkanes of at least 4 members (excludes halogenated alkanes) is 1. The Balaban J connectivity index is 2.57. The van der Waals surface area contributed by atoms with Gasteiger partial charge in [-0.2, -0.15) is 0 Å². The summed E-state index contributed by atoms with van der Waals surface area (Å²) in [5.41, 5.74) is 1.07. The molecule has 0 bridgehead atoms. The summed E-state index contributed by atoms with van der Waals surface area (Å²) < 4.78 is 13.1. The van der Waals surface area contributed by atoms with Crippen LogP contribution in [-0.2, 0) is 14.3 Å². The van der Waals surface area contributed by atoms with Gasteiger partial charge in [0, 0.05) is 22.5 Å². The molecule has 0 amide bonds. The van der Waals surface area contributed by atoms with Crippen molar-refractivity contribution in [3.05, 3.63) is 27.4 Å². The molecule has 1 aromatic rings. The number of hydrogen-bond acceptors (Lipinski definition) is 5. The minimum Gasteiger partial charge on any atom is -0.352 e. The van der Waals surface area contributed by atoms with E-state index in [0.717, 1.165) is 12.8 Å². The minimum atomic E-state index is -0.684. The number of carbonyl (C=O) groups is 3. The quantitative estimate of drug-likeness (QED) is 0.204. The Labute approximate surface area is 233 Å². The molecule has 1 heterocycles. The topological polar surface area (TPSA) is 69.7 Å². The van der Waals surface area contributed by atoms with Crippen molar-refractivity contribution in [2.75, 3.05) is 13.2 Å². The van der Waals surface area contributed by atoms with Gasteiger partial charge in [-0.05, 0) is 103 Å². The van der Waals surface area contributed by atoms with E-state index in [1.807, 2.05) is 88.5 Å². The monoisotopic (exact) mass is 806 g/mol. The van der Waals surface area contributed by atoms with Crippen molar-refractivity contribution in [2.24, 2.45) is 11.8 Å². The van der Waals surface area contributed by atoms with Crippen LogP contribution in [0.25, 0.3) is 0 Å². The van der Waals surface area contributed by atoms with Gasteiger partial charge in [0.25, 0.3) is 10.5 Å². The molecule has 0 saturated carbocycles. The molecule has 0 aromatic heterocycles. The average molecular weight is 807 g/mol. The standard InChI is InChI=1S/C21H23Cl2I3O5/c1-4-5-6-11(18(27)10-7-30-21(9(2)3)31-8-10)12-15(24)13(19(22)28)17(26)14(16(12)25)20(23)29/h9-11,21H,4-8H2,1-3H3. The second-order valence-corrected chi connectivity index (χ2v) is 11.6. The van der Waals surface area contributed by atoms with Gasteiger partial charge in [-0.1, -0.05) is 33.6 Å². The normalized spacial score (nSPS) is 20.0. The van der Waals surface area contributed by atoms with Crippen LogP contribution in [0.1, 0.15) is 72.2 Å². The summed E-state index contributed by atoms with van der Waals surface area (Å²) in [6.07, 6.45) is 1.97. The van der Waals surface area contributed by atoms with Crippen LogP contribution in [0, 0.1) is 22.5 Å². The highest BCUT2D eigenvalue weighted by atomic mass is 127. The van der Waals surface area contributed by atoms with Crippen molar-refractivity contribution in [3.8, 4) is 0 Å². The lowest BCUT2D eigenvalue weighted by Gasteiger charge is -2.33. The number of Topliss-reactive ketones (excluding diaryl/α,β-unsaturated/α-hetero) is 1. The van der Waals surface area contributed by atoms with Gasteiger partial charge in [0.2, 0.25) is 0 Å². The first-order chi connectivity index (χ1) is 14.5. The van der Waals surface area contributed by atoms with Gasteiger partial charge in [-0.3, -0.25) is 14.4 Å². The molecule has 0 radical (unpaired) electrons. The Morgan fingerprint density at radius 1 is 0.968 bits per heavy atom. The van der Waals surface area contributed by atoms with Crippen molar-refractivity contribution in [1.29, 1.82) is 0 Å². The van der Waals surface area contributed by atoms with Crippen LogP contribution in [0.3, 0.4) is 0 Å². The lowest BCUT2D eigenvalue weighted by molar-refractivity contribution is -0.218. The predicted octanol–water partition coefficient (Wildman–Crippen LogP) is 6.75. The highest BCUT2D eigenvalue weighted by Crippen LogP contribution is 2.40. The number of hydrogen-bond donors (Lipinski definition) is 0. The van der Waals surface area contributed by atoms with Crippen LogP contribution in [0.15, 0.2) is 0 Å². The highest BCUT2D eigenvalue weighted by Gasteiger charge is 2.37. The van der Waals surface area contributed by atoms with E-state index in [2.05, 4.69) is 0 Å². The van der Waals surface area contributed by atoms with E-state index < -0.39 is 22.3 Å². The van der Waals surface area contributed by atoms with Crippen LogP contribution in [0.4, 0.5) is 0 Å². The summed E-state index contributed by atoms with van der Waals surface area (Å²) in [5, 5.41) is -1.37. The zero-order valence-electron chi connectivity index (χ0n) is 17.3. The minimum absolute atomic E-state index is 0.0198. The molecule has 1 aliphatic heterocycles. The van der Waals surface area contributed by atoms with Gasteiger partial charge in [-0.25, -0.2) is 0 Å². The van der Waals surface area contributed by atoms with Crippen LogP contribution in [-0.4, -0.2) is 35.8 Å². The lowest BCUT2D eigenvalue weighted by Crippen LogP contribution is -2.40. The van der Waals surface area contributed by atoms with Crippen molar-refractivity contribution in [2.45, 2.75) is 52.2 Å². The molecule has 2 rings (SSSR count). The molecule has 0 spiro atoms. The fourth-order valence-corrected chi connectivity index (χ4v) is 9.44. The predicted molar refractivity (Wildman–Crippen MR) is 146 cm³/mol. The molecule has 1 unspecified atom stereocenters. The van der Waals surface area contributed by atoms with Gasteiger partial charge in [-0.15, -0.1) is 0 Å². The molecule has 1 atom stereocenters. The molecular formula is C21H23Cl2I3O5. The van der Waals surface area contributed by atoms with Gasteiger partial charge in [0.1, 0.15) is 5.78 Å². The van der Waals surface area contributed by atoms with Crippen molar-refractivity contribution < 1.29 is 23.9 Å². The van der Waals surface area contributed by atoms with E-state index in [1.54, 1.807) is 0 Å². The number of halogens is 5. The van der Waals surface area contributed by atoms with Crippen molar-refractivity contribution >= 4 is 107 Å².